The maximum atomic E-state index is 13.1. The Bertz CT molecular complexity index is 582. The highest BCUT2D eigenvalue weighted by atomic mass is 19.1. The van der Waals surface area contributed by atoms with Crippen molar-refractivity contribution in [1.82, 2.24) is 15.2 Å². The highest BCUT2D eigenvalue weighted by Crippen LogP contribution is 2.15. The van der Waals surface area contributed by atoms with Crippen molar-refractivity contribution in [3.8, 4) is 0 Å². The van der Waals surface area contributed by atoms with E-state index in [1.54, 1.807) is 19.2 Å². The van der Waals surface area contributed by atoms with Crippen molar-refractivity contribution in [1.29, 1.82) is 0 Å². The van der Waals surface area contributed by atoms with Gasteiger partial charge < -0.3 is 4.90 Å². The van der Waals surface area contributed by atoms with E-state index in [0.29, 0.717) is 11.5 Å². The van der Waals surface area contributed by atoms with Gasteiger partial charge in [0.1, 0.15) is 11.6 Å². The van der Waals surface area contributed by atoms with Crippen molar-refractivity contribution in [2.75, 3.05) is 11.9 Å². The topological polar surface area (TPSA) is 61.9 Å². The normalized spacial score (nSPS) is 10.5. The van der Waals surface area contributed by atoms with Crippen LogP contribution in [-0.4, -0.2) is 28.1 Å². The lowest BCUT2D eigenvalue weighted by atomic mass is 10.3. The van der Waals surface area contributed by atoms with Gasteiger partial charge in [0.25, 0.3) is 5.91 Å². The van der Waals surface area contributed by atoms with Crippen LogP contribution in [0.2, 0.25) is 0 Å². The molecule has 1 amide bonds. The lowest BCUT2D eigenvalue weighted by Crippen LogP contribution is -2.27. The summed E-state index contributed by atoms with van der Waals surface area (Å²) in [5, 5.41) is 6.61. The smallest absolute Gasteiger partial charge is 0.297 e. The summed E-state index contributed by atoms with van der Waals surface area (Å²) in [6.07, 6.45) is 1.66. The predicted octanol–water partition coefficient (Wildman–Crippen LogP) is 2.17. The predicted molar refractivity (Wildman–Crippen MR) is 69.5 cm³/mol. The minimum atomic E-state index is -0.390. The summed E-state index contributed by atoms with van der Waals surface area (Å²) in [5.41, 5.74) is 0.465. The van der Waals surface area contributed by atoms with E-state index < -0.39 is 0 Å². The Balaban J connectivity index is 2.18. The molecule has 6 heteroatoms. The number of nitrogens with one attached hydrogen (secondary N) is 1. The summed E-state index contributed by atoms with van der Waals surface area (Å²) in [4.78, 5) is 17.6. The van der Waals surface area contributed by atoms with Gasteiger partial charge in [-0.3, -0.25) is 9.89 Å². The van der Waals surface area contributed by atoms with Crippen LogP contribution in [0.3, 0.4) is 0 Å². The highest BCUT2D eigenvalue weighted by molar-refractivity contribution is 6.03. The lowest BCUT2D eigenvalue weighted by molar-refractivity contribution is 0.0983. The minimum absolute atomic E-state index is 0.0928. The van der Waals surface area contributed by atoms with Crippen molar-refractivity contribution in [2.24, 2.45) is 0 Å². The summed E-state index contributed by atoms with van der Waals surface area (Å²) in [6.45, 7) is 2.02. The maximum absolute atomic E-state index is 13.1. The van der Waals surface area contributed by atoms with Crippen molar-refractivity contribution in [2.45, 2.75) is 19.8 Å². The van der Waals surface area contributed by atoms with Crippen LogP contribution in [-0.2, 0) is 6.42 Å². The first kappa shape index (κ1) is 13.2. The molecule has 0 aliphatic heterocycles. The van der Waals surface area contributed by atoms with Crippen LogP contribution in [0.4, 0.5) is 10.1 Å². The van der Waals surface area contributed by atoms with Crippen molar-refractivity contribution in [3.63, 3.8) is 0 Å². The zero-order chi connectivity index (χ0) is 13.8. The lowest BCUT2D eigenvalue weighted by Gasteiger charge is -2.15. The van der Waals surface area contributed by atoms with Crippen LogP contribution in [0.25, 0.3) is 0 Å². The number of aromatic amines is 1. The van der Waals surface area contributed by atoms with Crippen LogP contribution in [0.15, 0.2) is 24.3 Å². The fraction of sp³-hybridized carbons (Fsp3) is 0.308. The van der Waals surface area contributed by atoms with Gasteiger partial charge in [-0.15, -0.1) is 5.10 Å². The Morgan fingerprint density at radius 2 is 2.26 bits per heavy atom. The number of aromatic nitrogens is 3. The molecule has 0 unspecified atom stereocenters. The van der Waals surface area contributed by atoms with E-state index in [9.17, 15) is 9.18 Å². The number of benzene rings is 1. The summed E-state index contributed by atoms with van der Waals surface area (Å²) < 4.78 is 13.1. The Morgan fingerprint density at radius 3 is 2.95 bits per heavy atom. The van der Waals surface area contributed by atoms with E-state index in [1.807, 2.05) is 6.92 Å². The van der Waals surface area contributed by atoms with Gasteiger partial charge in [-0.1, -0.05) is 13.0 Å². The molecule has 0 saturated carbocycles. The molecule has 0 aliphatic rings. The van der Waals surface area contributed by atoms with Crippen molar-refractivity contribution < 1.29 is 9.18 Å². The zero-order valence-corrected chi connectivity index (χ0v) is 10.9. The van der Waals surface area contributed by atoms with Crippen LogP contribution in [0, 0.1) is 5.82 Å². The first-order valence-corrected chi connectivity index (χ1v) is 6.06. The first-order chi connectivity index (χ1) is 9.11. The summed E-state index contributed by atoms with van der Waals surface area (Å²) in [7, 11) is 1.56. The number of hydrogen-bond acceptors (Lipinski definition) is 3. The van der Waals surface area contributed by atoms with Crippen LogP contribution in [0.5, 0.6) is 0 Å². The number of nitrogens with zero attached hydrogens (tertiary/aromatic N) is 3. The maximum Gasteiger partial charge on any atom is 0.297 e. The summed E-state index contributed by atoms with van der Waals surface area (Å²) in [6, 6.07) is 5.82. The molecule has 0 fully saturated rings. The number of H-pyrrole nitrogens is 1. The SMILES string of the molecule is CCCc1nc(C(=O)N(C)c2cccc(F)c2)n[nH]1. The van der Waals surface area contributed by atoms with Gasteiger partial charge in [0.05, 0.1) is 0 Å². The summed E-state index contributed by atoms with van der Waals surface area (Å²) >= 11 is 0. The third kappa shape index (κ3) is 2.96. The highest BCUT2D eigenvalue weighted by Gasteiger charge is 2.18. The van der Waals surface area contributed by atoms with Crippen LogP contribution < -0.4 is 4.90 Å². The molecule has 0 bridgehead atoms. The molecular formula is C13H15FN4O. The Hall–Kier alpha value is -2.24. The number of rotatable bonds is 4. The number of anilines is 1. The molecule has 2 aromatic rings. The second-order valence-electron chi connectivity index (χ2n) is 4.20. The second kappa shape index (κ2) is 5.60. The van der Waals surface area contributed by atoms with E-state index in [0.717, 1.165) is 12.8 Å². The summed E-state index contributed by atoms with van der Waals surface area (Å²) in [5.74, 6) is 0.0108. The fourth-order valence-electron chi connectivity index (χ4n) is 1.69. The number of carbonyl (C=O) groups is 1. The van der Waals surface area contributed by atoms with Crippen LogP contribution in [0.1, 0.15) is 29.8 Å². The molecule has 0 spiro atoms. The van der Waals surface area contributed by atoms with Gasteiger partial charge in [-0.25, -0.2) is 9.37 Å². The number of hydrogen-bond donors (Lipinski definition) is 1. The van der Waals surface area contributed by atoms with Crippen LogP contribution >= 0.6 is 0 Å². The number of amides is 1. The molecule has 19 heavy (non-hydrogen) atoms. The second-order valence-corrected chi connectivity index (χ2v) is 4.20. The van der Waals surface area contributed by atoms with E-state index in [2.05, 4.69) is 15.2 Å². The Labute approximate surface area is 110 Å². The number of carbonyl (C=O) groups excluding carboxylic acids is 1. The van der Waals surface area contributed by atoms with E-state index in [4.69, 9.17) is 0 Å². The first-order valence-electron chi connectivity index (χ1n) is 6.06. The quantitative estimate of drug-likeness (QED) is 0.918. The standard InChI is InChI=1S/C13H15FN4O/c1-3-5-11-15-12(17-16-11)13(19)18(2)10-7-4-6-9(14)8-10/h4,6-8H,3,5H2,1-2H3,(H,15,16,17). The molecule has 2 rings (SSSR count). The third-order valence-corrected chi connectivity index (χ3v) is 2.71. The molecule has 5 nitrogen and oxygen atoms in total. The van der Waals surface area contributed by atoms with Gasteiger partial charge in [0.2, 0.25) is 5.82 Å². The van der Waals surface area contributed by atoms with E-state index in [-0.39, 0.29) is 17.5 Å². The fourth-order valence-corrected chi connectivity index (χ4v) is 1.69. The van der Waals surface area contributed by atoms with Gasteiger partial charge in [-0.05, 0) is 24.6 Å². The molecule has 0 aliphatic carbocycles. The van der Waals surface area contributed by atoms with E-state index in [1.165, 1.54) is 17.0 Å². The molecule has 1 aromatic heterocycles. The molecule has 1 heterocycles. The molecule has 100 valence electrons. The largest absolute Gasteiger partial charge is 0.309 e. The average Bonchev–Trinajstić information content (AvgIpc) is 2.86. The van der Waals surface area contributed by atoms with Gasteiger partial charge in [0.15, 0.2) is 0 Å². The molecule has 0 radical (unpaired) electrons. The van der Waals surface area contributed by atoms with Gasteiger partial charge in [-0.2, -0.15) is 0 Å². The molecule has 0 atom stereocenters. The molecule has 1 N–H and O–H groups in total. The zero-order valence-electron chi connectivity index (χ0n) is 10.9. The van der Waals surface area contributed by atoms with Gasteiger partial charge in [0, 0.05) is 19.2 Å². The Kier molecular flexibility index (Phi) is 3.89. The average molecular weight is 262 g/mol. The number of aryl methyl sites for hydroxylation is 1. The molecule has 0 saturated heterocycles. The third-order valence-electron chi connectivity index (χ3n) is 2.71. The monoisotopic (exact) mass is 262 g/mol. The molecule has 1 aromatic carbocycles. The minimum Gasteiger partial charge on any atom is -0.309 e. The van der Waals surface area contributed by atoms with E-state index >= 15 is 0 Å². The van der Waals surface area contributed by atoms with Gasteiger partial charge >= 0.3 is 0 Å². The molecular weight excluding hydrogens is 247 g/mol. The Morgan fingerprint density at radius 1 is 1.47 bits per heavy atom. The van der Waals surface area contributed by atoms with Crippen molar-refractivity contribution >= 4 is 11.6 Å². The van der Waals surface area contributed by atoms with Crippen molar-refractivity contribution in [3.05, 3.63) is 41.7 Å². The number of halogens is 1.